The van der Waals surface area contributed by atoms with Gasteiger partial charge in [0.2, 0.25) is 11.1 Å². The number of thioether (sulfide) groups is 1. The molecular formula is C24H29N5OS. The van der Waals surface area contributed by atoms with Crippen LogP contribution >= 0.6 is 11.8 Å². The maximum Gasteiger partial charge on any atom is 0.240 e. The molecule has 2 aromatic carbocycles. The number of aromatic nitrogens is 3. The van der Waals surface area contributed by atoms with Gasteiger partial charge in [-0.2, -0.15) is 0 Å². The van der Waals surface area contributed by atoms with Crippen molar-refractivity contribution in [2.45, 2.75) is 63.4 Å². The normalized spacial score (nSPS) is 17.7. The lowest BCUT2D eigenvalue weighted by molar-refractivity contribution is -0.116. The number of rotatable bonds is 6. The number of hydrogen-bond donors (Lipinski definition) is 2. The lowest BCUT2D eigenvalue weighted by atomic mass is 10.0. The number of nitrogens with zero attached hydrogens (tertiary/aromatic N) is 3. The molecule has 0 unspecified atom stereocenters. The van der Waals surface area contributed by atoms with Crippen LogP contribution in [0.15, 0.2) is 47.6 Å². The van der Waals surface area contributed by atoms with Crippen LogP contribution in [-0.4, -0.2) is 26.0 Å². The highest BCUT2D eigenvalue weighted by molar-refractivity contribution is 8.00. The fraction of sp³-hybridized carbons (Fsp3) is 0.375. The van der Waals surface area contributed by atoms with Crippen LogP contribution in [0, 0.1) is 13.8 Å². The van der Waals surface area contributed by atoms with E-state index in [1.807, 2.05) is 23.7 Å². The number of carbonyl (C=O) groups is 1. The zero-order valence-electron chi connectivity index (χ0n) is 18.5. The van der Waals surface area contributed by atoms with Crippen LogP contribution in [0.1, 0.15) is 54.4 Å². The largest absolute Gasteiger partial charge is 0.325 e. The monoisotopic (exact) mass is 435 g/mol. The lowest BCUT2D eigenvalue weighted by Gasteiger charge is -2.33. The van der Waals surface area contributed by atoms with Crippen LogP contribution in [0.3, 0.4) is 0 Å². The molecule has 31 heavy (non-hydrogen) atoms. The number of amides is 1. The van der Waals surface area contributed by atoms with E-state index in [1.165, 1.54) is 17.3 Å². The molecule has 0 saturated carbocycles. The van der Waals surface area contributed by atoms with Gasteiger partial charge in [-0.15, -0.1) is 10.2 Å². The standard InChI is InChI=1S/C24H29N5OS/c1-5-8-20-26-27-24-29(20)28-21(18-13-11-17(6-2)12-14-18)22(31-24)23(30)25-19-10-7-9-15(3)16(19)4/h7,9-14,21-22,28H,5-6,8H2,1-4H3,(H,25,30)/t21-,22+/m0/s1. The van der Waals surface area contributed by atoms with Gasteiger partial charge in [0.1, 0.15) is 5.25 Å². The van der Waals surface area contributed by atoms with Crippen molar-refractivity contribution in [1.29, 1.82) is 0 Å². The molecule has 2 heterocycles. The second kappa shape index (κ2) is 9.14. The van der Waals surface area contributed by atoms with E-state index in [-0.39, 0.29) is 17.2 Å². The number of carbonyl (C=O) groups excluding carboxylic acids is 1. The highest BCUT2D eigenvalue weighted by Gasteiger charge is 2.37. The van der Waals surface area contributed by atoms with Gasteiger partial charge >= 0.3 is 0 Å². The van der Waals surface area contributed by atoms with Crippen LogP contribution in [0.25, 0.3) is 0 Å². The van der Waals surface area contributed by atoms with Crippen LogP contribution in [-0.2, 0) is 17.6 Å². The molecule has 1 aromatic heterocycles. The number of fused-ring (bicyclic) bond motifs is 1. The summed E-state index contributed by atoms with van der Waals surface area (Å²) >= 11 is 1.47. The Bertz CT molecular complexity index is 1080. The third kappa shape index (κ3) is 4.32. The number of aryl methyl sites for hydroxylation is 3. The Kier molecular flexibility index (Phi) is 6.32. The molecule has 0 spiro atoms. The van der Waals surface area contributed by atoms with Gasteiger partial charge in [-0.1, -0.05) is 62.0 Å². The van der Waals surface area contributed by atoms with Crippen LogP contribution in [0.4, 0.5) is 5.69 Å². The van der Waals surface area contributed by atoms with Gasteiger partial charge in [-0.05, 0) is 55.0 Å². The van der Waals surface area contributed by atoms with E-state index >= 15 is 0 Å². The lowest BCUT2D eigenvalue weighted by Crippen LogP contribution is -2.41. The fourth-order valence-electron chi connectivity index (χ4n) is 3.79. The van der Waals surface area contributed by atoms with E-state index < -0.39 is 0 Å². The SMILES string of the molecule is CCCc1nnc2n1N[C@@H](c1ccc(CC)cc1)[C@H](C(=O)Nc1cccc(C)c1C)S2. The first kappa shape index (κ1) is 21.4. The zero-order chi connectivity index (χ0) is 22.0. The van der Waals surface area contributed by atoms with Crippen molar-refractivity contribution in [3.05, 3.63) is 70.5 Å². The van der Waals surface area contributed by atoms with Gasteiger partial charge in [0.05, 0.1) is 6.04 Å². The summed E-state index contributed by atoms with van der Waals surface area (Å²) in [5, 5.41) is 12.2. The van der Waals surface area contributed by atoms with Crippen molar-refractivity contribution in [3.63, 3.8) is 0 Å². The minimum absolute atomic E-state index is 0.0398. The van der Waals surface area contributed by atoms with E-state index in [1.54, 1.807) is 0 Å². The van der Waals surface area contributed by atoms with Gasteiger partial charge in [0.25, 0.3) is 0 Å². The predicted octanol–water partition coefficient (Wildman–Crippen LogP) is 4.81. The van der Waals surface area contributed by atoms with E-state index in [0.717, 1.165) is 52.6 Å². The Hall–Kier alpha value is -2.80. The summed E-state index contributed by atoms with van der Waals surface area (Å²) in [5.41, 5.74) is 8.98. The van der Waals surface area contributed by atoms with Crippen molar-refractivity contribution in [2.75, 3.05) is 10.7 Å². The van der Waals surface area contributed by atoms with Gasteiger partial charge < -0.3 is 10.7 Å². The summed E-state index contributed by atoms with van der Waals surface area (Å²) in [6, 6.07) is 14.3. The second-order valence-corrected chi connectivity index (χ2v) is 9.07. The average molecular weight is 436 g/mol. The van der Waals surface area contributed by atoms with Crippen molar-refractivity contribution in [2.24, 2.45) is 0 Å². The van der Waals surface area contributed by atoms with E-state index in [9.17, 15) is 4.79 Å². The molecule has 7 heteroatoms. The van der Waals surface area contributed by atoms with E-state index in [4.69, 9.17) is 0 Å². The minimum Gasteiger partial charge on any atom is -0.325 e. The van der Waals surface area contributed by atoms with E-state index in [0.29, 0.717) is 0 Å². The molecule has 0 aliphatic carbocycles. The summed E-state index contributed by atoms with van der Waals surface area (Å²) < 4.78 is 1.95. The van der Waals surface area contributed by atoms with Gasteiger partial charge in [-0.3, -0.25) is 4.79 Å². The molecule has 4 rings (SSSR count). The molecule has 3 aromatic rings. The number of benzene rings is 2. The van der Waals surface area contributed by atoms with Crippen molar-refractivity contribution < 1.29 is 4.79 Å². The first-order valence-corrected chi connectivity index (χ1v) is 11.7. The minimum atomic E-state index is -0.376. The highest BCUT2D eigenvalue weighted by Crippen LogP contribution is 2.38. The molecule has 0 fully saturated rings. The second-order valence-electron chi connectivity index (χ2n) is 7.96. The Morgan fingerprint density at radius 1 is 1.13 bits per heavy atom. The number of hydrogen-bond acceptors (Lipinski definition) is 5. The zero-order valence-corrected chi connectivity index (χ0v) is 19.3. The van der Waals surface area contributed by atoms with Gasteiger partial charge in [0.15, 0.2) is 5.82 Å². The molecule has 1 aliphatic heterocycles. The molecule has 0 bridgehead atoms. The Morgan fingerprint density at radius 2 is 1.90 bits per heavy atom. The topological polar surface area (TPSA) is 71.8 Å². The van der Waals surface area contributed by atoms with Crippen LogP contribution in [0.5, 0.6) is 0 Å². The molecule has 2 atom stereocenters. The van der Waals surface area contributed by atoms with Crippen LogP contribution < -0.4 is 10.7 Å². The third-order valence-electron chi connectivity index (χ3n) is 5.85. The summed E-state index contributed by atoms with van der Waals surface area (Å²) in [5.74, 6) is 0.857. The number of anilines is 1. The molecule has 2 N–H and O–H groups in total. The summed E-state index contributed by atoms with van der Waals surface area (Å²) in [6.07, 6.45) is 2.80. The number of nitrogens with one attached hydrogen (secondary N) is 2. The third-order valence-corrected chi connectivity index (χ3v) is 7.06. The highest BCUT2D eigenvalue weighted by atomic mass is 32.2. The molecule has 0 saturated heterocycles. The molecule has 6 nitrogen and oxygen atoms in total. The Balaban J connectivity index is 1.68. The smallest absolute Gasteiger partial charge is 0.240 e. The molecule has 1 aliphatic rings. The van der Waals surface area contributed by atoms with E-state index in [2.05, 4.69) is 72.0 Å². The average Bonchev–Trinajstić information content (AvgIpc) is 3.18. The molecule has 162 valence electrons. The summed E-state index contributed by atoms with van der Waals surface area (Å²) in [4.78, 5) is 13.5. The predicted molar refractivity (Wildman–Crippen MR) is 126 cm³/mol. The quantitative estimate of drug-likeness (QED) is 0.581. The maximum absolute atomic E-state index is 13.5. The summed E-state index contributed by atoms with van der Waals surface area (Å²) in [6.45, 7) is 8.35. The Morgan fingerprint density at radius 3 is 2.61 bits per heavy atom. The van der Waals surface area contributed by atoms with Crippen molar-refractivity contribution >= 4 is 23.4 Å². The first-order chi connectivity index (χ1) is 15.0. The Labute approximate surface area is 187 Å². The van der Waals surface area contributed by atoms with Crippen LogP contribution in [0.2, 0.25) is 0 Å². The van der Waals surface area contributed by atoms with Crippen molar-refractivity contribution in [3.8, 4) is 0 Å². The maximum atomic E-state index is 13.5. The first-order valence-electron chi connectivity index (χ1n) is 10.8. The van der Waals surface area contributed by atoms with Gasteiger partial charge in [-0.25, -0.2) is 4.68 Å². The molecule has 1 amide bonds. The molecule has 0 radical (unpaired) electrons. The molecular weight excluding hydrogens is 406 g/mol. The summed E-state index contributed by atoms with van der Waals surface area (Å²) in [7, 11) is 0. The van der Waals surface area contributed by atoms with Crippen molar-refractivity contribution in [1.82, 2.24) is 14.9 Å². The fourth-order valence-corrected chi connectivity index (χ4v) is 4.88. The van der Waals surface area contributed by atoms with Gasteiger partial charge in [0, 0.05) is 12.1 Å².